The Labute approximate surface area is 108 Å². The number of rotatable bonds is 3. The van der Waals surface area contributed by atoms with E-state index in [0.717, 1.165) is 31.0 Å². The minimum absolute atomic E-state index is 0.0428. The average molecular weight is 262 g/mol. The summed E-state index contributed by atoms with van der Waals surface area (Å²) < 4.78 is 2.04. The Morgan fingerprint density at radius 2 is 2.37 bits per heavy atom. The van der Waals surface area contributed by atoms with Gasteiger partial charge in [-0.1, -0.05) is 0 Å². The molecule has 1 aliphatic heterocycles. The van der Waals surface area contributed by atoms with Gasteiger partial charge in [0.25, 0.3) is 5.91 Å². The molecule has 0 fully saturated rings. The monoisotopic (exact) mass is 262 g/mol. The van der Waals surface area contributed by atoms with Gasteiger partial charge in [0.2, 0.25) is 11.8 Å². The van der Waals surface area contributed by atoms with Crippen molar-refractivity contribution in [1.82, 2.24) is 35.3 Å². The molecule has 3 rings (SSSR count). The number of aryl methyl sites for hydroxylation is 1. The van der Waals surface area contributed by atoms with E-state index in [4.69, 9.17) is 5.73 Å². The van der Waals surface area contributed by atoms with Crippen LogP contribution in [0.3, 0.4) is 0 Å². The maximum Gasteiger partial charge on any atom is 0.289 e. The minimum atomic E-state index is -0.368. The van der Waals surface area contributed by atoms with Gasteiger partial charge in [-0.05, 0) is 13.3 Å². The van der Waals surface area contributed by atoms with Crippen LogP contribution in [0.4, 0.5) is 5.95 Å². The Morgan fingerprint density at radius 1 is 1.53 bits per heavy atom. The molecule has 0 saturated carbocycles. The lowest BCUT2D eigenvalue weighted by molar-refractivity contribution is 0.0927. The van der Waals surface area contributed by atoms with Gasteiger partial charge >= 0.3 is 0 Å². The zero-order valence-corrected chi connectivity index (χ0v) is 10.4. The van der Waals surface area contributed by atoms with E-state index in [1.807, 2.05) is 11.5 Å². The second-order valence-electron chi connectivity index (χ2n) is 4.47. The normalized spacial score (nSPS) is 15.2. The lowest BCUT2D eigenvalue weighted by atomic mass is 10.3. The number of aromatic amines is 1. The summed E-state index contributed by atoms with van der Waals surface area (Å²) in [6.45, 7) is 2.75. The number of carbonyl (C=O) groups excluding carboxylic acids is 1. The van der Waals surface area contributed by atoms with E-state index in [9.17, 15) is 4.79 Å². The van der Waals surface area contributed by atoms with Crippen LogP contribution in [0, 0.1) is 0 Å². The number of fused-ring (bicyclic) bond motifs is 1. The molecule has 1 aliphatic rings. The number of nitrogens with one attached hydrogen (secondary N) is 2. The predicted octanol–water partition coefficient (Wildman–Crippen LogP) is -0.584. The van der Waals surface area contributed by atoms with Gasteiger partial charge in [0.15, 0.2) is 5.82 Å². The van der Waals surface area contributed by atoms with E-state index >= 15 is 0 Å². The Hall–Kier alpha value is -2.45. The number of amides is 1. The van der Waals surface area contributed by atoms with E-state index < -0.39 is 0 Å². The lowest BCUT2D eigenvalue weighted by Crippen LogP contribution is -2.29. The highest BCUT2D eigenvalue weighted by Gasteiger charge is 2.23. The molecule has 1 amide bonds. The van der Waals surface area contributed by atoms with Crippen molar-refractivity contribution in [2.24, 2.45) is 0 Å². The van der Waals surface area contributed by atoms with E-state index in [-0.39, 0.29) is 23.7 Å². The van der Waals surface area contributed by atoms with Crippen molar-refractivity contribution < 1.29 is 4.79 Å². The average Bonchev–Trinajstić information content (AvgIpc) is 3.02. The summed E-state index contributed by atoms with van der Waals surface area (Å²) >= 11 is 0. The van der Waals surface area contributed by atoms with Gasteiger partial charge in [-0.25, -0.2) is 0 Å². The standard InChI is InChI=1S/C10H14N8O/c1-5(8-16-14-6-3-2-4-18(6)8)12-9(19)7-13-10(11)17-15-7/h5H,2-4H2,1H3,(H,12,19)(H3,11,13,15,17). The number of hydrogen-bond acceptors (Lipinski definition) is 6. The van der Waals surface area contributed by atoms with Crippen molar-refractivity contribution in [1.29, 1.82) is 0 Å². The van der Waals surface area contributed by atoms with E-state index in [2.05, 4.69) is 30.7 Å². The Balaban J connectivity index is 1.74. The fourth-order valence-corrected chi connectivity index (χ4v) is 2.20. The number of carbonyl (C=O) groups is 1. The fourth-order valence-electron chi connectivity index (χ4n) is 2.20. The van der Waals surface area contributed by atoms with Gasteiger partial charge in [-0.3, -0.25) is 9.89 Å². The van der Waals surface area contributed by atoms with Crippen LogP contribution < -0.4 is 11.1 Å². The molecule has 4 N–H and O–H groups in total. The summed E-state index contributed by atoms with van der Waals surface area (Å²) in [6.07, 6.45) is 2.00. The second-order valence-corrected chi connectivity index (χ2v) is 4.47. The summed E-state index contributed by atoms with van der Waals surface area (Å²) in [7, 11) is 0. The first-order valence-electron chi connectivity index (χ1n) is 6.06. The first-order valence-corrected chi connectivity index (χ1v) is 6.06. The molecular weight excluding hydrogens is 248 g/mol. The van der Waals surface area contributed by atoms with Crippen molar-refractivity contribution in [2.45, 2.75) is 32.4 Å². The maximum atomic E-state index is 11.9. The van der Waals surface area contributed by atoms with Crippen LogP contribution in [0.5, 0.6) is 0 Å². The molecule has 0 aliphatic carbocycles. The van der Waals surface area contributed by atoms with Crippen molar-refractivity contribution in [3.8, 4) is 0 Å². The molecule has 9 nitrogen and oxygen atoms in total. The van der Waals surface area contributed by atoms with Crippen LogP contribution in [0.15, 0.2) is 0 Å². The first-order chi connectivity index (χ1) is 9.15. The molecule has 2 aromatic rings. The summed E-state index contributed by atoms with van der Waals surface area (Å²) in [5.41, 5.74) is 5.36. The Bertz CT molecular complexity index is 615. The number of aromatic nitrogens is 6. The highest BCUT2D eigenvalue weighted by atomic mass is 16.2. The number of hydrogen-bond donors (Lipinski definition) is 3. The smallest absolute Gasteiger partial charge is 0.289 e. The quantitative estimate of drug-likeness (QED) is 0.678. The van der Waals surface area contributed by atoms with Crippen LogP contribution in [0.1, 0.15) is 41.7 Å². The predicted molar refractivity (Wildman–Crippen MR) is 65.0 cm³/mol. The molecule has 2 aromatic heterocycles. The minimum Gasteiger partial charge on any atom is -0.366 e. The molecule has 9 heteroatoms. The number of nitrogens with two attached hydrogens (primary N) is 1. The third-order valence-electron chi connectivity index (χ3n) is 3.09. The van der Waals surface area contributed by atoms with Crippen molar-refractivity contribution in [2.75, 3.05) is 5.73 Å². The van der Waals surface area contributed by atoms with Crippen LogP contribution in [-0.4, -0.2) is 35.9 Å². The molecule has 1 atom stereocenters. The number of nitrogen functional groups attached to an aromatic ring is 1. The Kier molecular flexibility index (Phi) is 2.65. The summed E-state index contributed by atoms with van der Waals surface area (Å²) in [4.78, 5) is 15.7. The third-order valence-corrected chi connectivity index (χ3v) is 3.09. The van der Waals surface area contributed by atoms with E-state index in [0.29, 0.717) is 0 Å². The van der Waals surface area contributed by atoms with Gasteiger partial charge in [0, 0.05) is 13.0 Å². The molecule has 1 unspecified atom stereocenters. The number of H-pyrrole nitrogens is 1. The van der Waals surface area contributed by atoms with Gasteiger partial charge in [-0.2, -0.15) is 4.98 Å². The first kappa shape index (κ1) is 11.6. The number of nitrogens with zero attached hydrogens (tertiary/aromatic N) is 5. The lowest BCUT2D eigenvalue weighted by Gasteiger charge is -2.12. The second kappa shape index (κ2) is 4.34. The molecule has 19 heavy (non-hydrogen) atoms. The van der Waals surface area contributed by atoms with Crippen molar-refractivity contribution in [3.05, 3.63) is 17.5 Å². The van der Waals surface area contributed by atoms with Crippen molar-refractivity contribution >= 4 is 11.9 Å². The van der Waals surface area contributed by atoms with Gasteiger partial charge < -0.3 is 15.6 Å². The van der Waals surface area contributed by atoms with Gasteiger partial charge in [0.1, 0.15) is 5.82 Å². The molecule has 100 valence electrons. The van der Waals surface area contributed by atoms with Crippen LogP contribution >= 0.6 is 0 Å². The summed E-state index contributed by atoms with van der Waals surface area (Å²) in [5.74, 6) is 1.49. The highest BCUT2D eigenvalue weighted by molar-refractivity contribution is 5.90. The third kappa shape index (κ3) is 2.02. The molecule has 0 aromatic carbocycles. The zero-order valence-electron chi connectivity index (χ0n) is 10.4. The molecule has 3 heterocycles. The van der Waals surface area contributed by atoms with E-state index in [1.165, 1.54) is 0 Å². The van der Waals surface area contributed by atoms with Crippen LogP contribution in [-0.2, 0) is 13.0 Å². The van der Waals surface area contributed by atoms with E-state index in [1.54, 1.807) is 0 Å². The van der Waals surface area contributed by atoms with Crippen molar-refractivity contribution in [3.63, 3.8) is 0 Å². The Morgan fingerprint density at radius 3 is 3.11 bits per heavy atom. The highest BCUT2D eigenvalue weighted by Crippen LogP contribution is 2.18. The molecular formula is C10H14N8O. The SMILES string of the molecule is CC(NC(=O)c1nc(N)n[nH]1)c1nnc2n1CCC2. The van der Waals surface area contributed by atoms with Gasteiger partial charge in [-0.15, -0.1) is 15.3 Å². The number of anilines is 1. The molecule has 0 radical (unpaired) electrons. The van der Waals surface area contributed by atoms with Gasteiger partial charge in [0.05, 0.1) is 6.04 Å². The van der Waals surface area contributed by atoms with Crippen LogP contribution in [0.2, 0.25) is 0 Å². The molecule has 0 saturated heterocycles. The maximum absolute atomic E-state index is 11.9. The summed E-state index contributed by atoms with van der Waals surface area (Å²) in [6, 6.07) is -0.252. The molecule has 0 bridgehead atoms. The fraction of sp³-hybridized carbons (Fsp3) is 0.500. The topological polar surface area (TPSA) is 127 Å². The molecule has 0 spiro atoms. The zero-order chi connectivity index (χ0) is 13.4. The largest absolute Gasteiger partial charge is 0.366 e. The van der Waals surface area contributed by atoms with Crippen LogP contribution in [0.25, 0.3) is 0 Å². The summed E-state index contributed by atoms with van der Waals surface area (Å²) in [5, 5.41) is 17.1.